The van der Waals surface area contributed by atoms with E-state index in [1.807, 2.05) is 17.9 Å². The lowest BCUT2D eigenvalue weighted by molar-refractivity contribution is 0.497. The zero-order chi connectivity index (χ0) is 15.2. The highest BCUT2D eigenvalue weighted by molar-refractivity contribution is 9.11. The summed E-state index contributed by atoms with van der Waals surface area (Å²) in [6, 6.07) is 6.70. The molecule has 2 rings (SSSR count). The van der Waals surface area contributed by atoms with E-state index in [0.29, 0.717) is 6.04 Å². The van der Waals surface area contributed by atoms with E-state index in [0.717, 1.165) is 34.8 Å². The normalized spacial score (nSPS) is 12.6. The number of halogens is 2. The molecule has 1 N–H and O–H groups in total. The van der Waals surface area contributed by atoms with E-state index in [1.165, 1.54) is 11.1 Å². The van der Waals surface area contributed by atoms with Crippen LogP contribution in [0.5, 0.6) is 0 Å². The first-order chi connectivity index (χ1) is 10.1. The van der Waals surface area contributed by atoms with Gasteiger partial charge in [-0.3, -0.25) is 4.68 Å². The quantitative estimate of drug-likeness (QED) is 0.716. The van der Waals surface area contributed by atoms with E-state index in [9.17, 15) is 0 Å². The first kappa shape index (κ1) is 16.7. The first-order valence-corrected chi connectivity index (χ1v) is 8.84. The lowest BCUT2D eigenvalue weighted by Gasteiger charge is -2.20. The van der Waals surface area contributed by atoms with Crippen LogP contribution in [0, 0.1) is 0 Å². The van der Waals surface area contributed by atoms with Gasteiger partial charge in [0, 0.05) is 28.2 Å². The summed E-state index contributed by atoms with van der Waals surface area (Å²) in [4.78, 5) is 0. The molecule has 0 amide bonds. The number of benzene rings is 1. The fourth-order valence-corrected chi connectivity index (χ4v) is 3.28. The molecule has 5 heteroatoms. The molecule has 0 bridgehead atoms. The van der Waals surface area contributed by atoms with E-state index in [2.05, 4.69) is 73.6 Å². The van der Waals surface area contributed by atoms with Gasteiger partial charge in [-0.25, -0.2) is 0 Å². The maximum atomic E-state index is 4.24. The Kier molecular flexibility index (Phi) is 6.45. The van der Waals surface area contributed by atoms with Crippen LogP contribution in [0.4, 0.5) is 0 Å². The Morgan fingerprint density at radius 2 is 2.14 bits per heavy atom. The number of hydrogen-bond donors (Lipinski definition) is 1. The SMILES string of the molecule is CCCNC(CCc1cnn(C)c1)c1cc(Br)ccc1Br. The molecule has 3 nitrogen and oxygen atoms in total. The fraction of sp³-hybridized carbons (Fsp3) is 0.438. The molecule has 0 aliphatic rings. The molecule has 1 heterocycles. The van der Waals surface area contributed by atoms with Gasteiger partial charge in [0.2, 0.25) is 0 Å². The zero-order valence-electron chi connectivity index (χ0n) is 12.4. The van der Waals surface area contributed by atoms with Gasteiger partial charge >= 0.3 is 0 Å². The molecule has 0 saturated carbocycles. The van der Waals surface area contributed by atoms with Gasteiger partial charge in [-0.2, -0.15) is 5.10 Å². The highest BCUT2D eigenvalue weighted by Gasteiger charge is 2.14. The third kappa shape index (κ3) is 4.94. The van der Waals surface area contributed by atoms with E-state index in [4.69, 9.17) is 0 Å². The van der Waals surface area contributed by atoms with Crippen LogP contribution in [0.1, 0.15) is 36.9 Å². The number of aromatic nitrogens is 2. The van der Waals surface area contributed by atoms with E-state index in [-0.39, 0.29) is 0 Å². The topological polar surface area (TPSA) is 29.9 Å². The third-order valence-electron chi connectivity index (χ3n) is 3.45. The monoisotopic (exact) mass is 413 g/mol. The van der Waals surface area contributed by atoms with Gasteiger partial charge in [0.05, 0.1) is 6.20 Å². The van der Waals surface area contributed by atoms with Crippen molar-refractivity contribution < 1.29 is 0 Å². The van der Waals surface area contributed by atoms with Crippen LogP contribution in [0.2, 0.25) is 0 Å². The Morgan fingerprint density at radius 3 is 2.81 bits per heavy atom. The number of rotatable bonds is 7. The molecular weight excluding hydrogens is 394 g/mol. The molecule has 2 aromatic rings. The highest BCUT2D eigenvalue weighted by atomic mass is 79.9. The predicted octanol–water partition coefficient (Wildman–Crippen LogP) is 4.62. The zero-order valence-corrected chi connectivity index (χ0v) is 15.6. The van der Waals surface area contributed by atoms with Crippen molar-refractivity contribution in [3.05, 3.63) is 50.7 Å². The standard InChI is InChI=1S/C16H21Br2N3/c1-3-8-19-16(7-4-12-10-20-21(2)11-12)14-9-13(17)5-6-15(14)18/h5-6,9-11,16,19H,3-4,7-8H2,1-2H3. The Morgan fingerprint density at radius 1 is 1.33 bits per heavy atom. The van der Waals surface area contributed by atoms with Crippen molar-refractivity contribution in [3.8, 4) is 0 Å². The molecule has 21 heavy (non-hydrogen) atoms. The van der Waals surface area contributed by atoms with Gasteiger partial charge in [-0.15, -0.1) is 0 Å². The van der Waals surface area contributed by atoms with Gasteiger partial charge in [-0.1, -0.05) is 38.8 Å². The molecule has 114 valence electrons. The van der Waals surface area contributed by atoms with Crippen LogP contribution < -0.4 is 5.32 Å². The number of aryl methyl sites for hydroxylation is 2. The van der Waals surface area contributed by atoms with Gasteiger partial charge in [0.25, 0.3) is 0 Å². The maximum Gasteiger partial charge on any atom is 0.0521 e. The molecule has 1 atom stereocenters. The average molecular weight is 415 g/mol. The lowest BCUT2D eigenvalue weighted by Crippen LogP contribution is -2.23. The summed E-state index contributed by atoms with van der Waals surface area (Å²) < 4.78 is 4.13. The third-order valence-corrected chi connectivity index (χ3v) is 4.67. The van der Waals surface area contributed by atoms with Crippen molar-refractivity contribution in [2.24, 2.45) is 7.05 Å². The summed E-state index contributed by atoms with van der Waals surface area (Å²) in [6.45, 7) is 3.22. The molecular formula is C16H21Br2N3. The number of nitrogens with zero attached hydrogens (tertiary/aromatic N) is 2. The molecule has 1 unspecified atom stereocenters. The van der Waals surface area contributed by atoms with Crippen LogP contribution >= 0.6 is 31.9 Å². The Bertz CT molecular complexity index is 581. The molecule has 1 aromatic heterocycles. The second-order valence-corrected chi connectivity index (χ2v) is 7.00. The van der Waals surface area contributed by atoms with Crippen LogP contribution in [0.15, 0.2) is 39.5 Å². The Balaban J connectivity index is 2.11. The summed E-state index contributed by atoms with van der Waals surface area (Å²) >= 11 is 7.25. The van der Waals surface area contributed by atoms with Crippen LogP contribution in [0.3, 0.4) is 0 Å². The van der Waals surface area contributed by atoms with Crippen molar-refractivity contribution in [2.45, 2.75) is 32.2 Å². The summed E-state index contributed by atoms with van der Waals surface area (Å²) in [5.74, 6) is 0. The second kappa shape index (κ2) is 8.11. The number of hydrogen-bond acceptors (Lipinski definition) is 2. The van der Waals surface area contributed by atoms with Crippen LogP contribution in [0.25, 0.3) is 0 Å². The molecule has 0 saturated heterocycles. The van der Waals surface area contributed by atoms with E-state index in [1.54, 1.807) is 0 Å². The van der Waals surface area contributed by atoms with Gasteiger partial charge in [0.15, 0.2) is 0 Å². The Hall–Kier alpha value is -0.650. The minimum absolute atomic E-state index is 0.344. The van der Waals surface area contributed by atoms with Crippen molar-refractivity contribution in [1.29, 1.82) is 0 Å². The second-order valence-electron chi connectivity index (χ2n) is 5.23. The van der Waals surface area contributed by atoms with Gasteiger partial charge in [-0.05, 0) is 55.1 Å². The van der Waals surface area contributed by atoms with Crippen molar-refractivity contribution in [2.75, 3.05) is 6.54 Å². The molecule has 0 fully saturated rings. The minimum atomic E-state index is 0.344. The first-order valence-electron chi connectivity index (χ1n) is 7.26. The summed E-state index contributed by atoms with van der Waals surface area (Å²) in [6.07, 6.45) is 7.25. The molecule has 0 aliphatic heterocycles. The fourth-order valence-electron chi connectivity index (χ4n) is 2.38. The summed E-state index contributed by atoms with van der Waals surface area (Å²) in [5, 5.41) is 7.89. The van der Waals surface area contributed by atoms with Crippen molar-refractivity contribution in [3.63, 3.8) is 0 Å². The molecule has 0 spiro atoms. The van der Waals surface area contributed by atoms with Crippen molar-refractivity contribution >= 4 is 31.9 Å². The molecule has 0 radical (unpaired) electrons. The Labute approximate surface area is 143 Å². The lowest BCUT2D eigenvalue weighted by atomic mass is 10.00. The molecule has 1 aromatic carbocycles. The van der Waals surface area contributed by atoms with Gasteiger partial charge < -0.3 is 5.32 Å². The minimum Gasteiger partial charge on any atom is -0.310 e. The largest absolute Gasteiger partial charge is 0.310 e. The summed E-state index contributed by atoms with van der Waals surface area (Å²) in [5.41, 5.74) is 2.59. The van der Waals surface area contributed by atoms with Gasteiger partial charge in [0.1, 0.15) is 0 Å². The van der Waals surface area contributed by atoms with Crippen molar-refractivity contribution in [1.82, 2.24) is 15.1 Å². The smallest absolute Gasteiger partial charge is 0.0521 e. The maximum absolute atomic E-state index is 4.24. The van der Waals surface area contributed by atoms with E-state index >= 15 is 0 Å². The average Bonchev–Trinajstić information content (AvgIpc) is 2.88. The van der Waals surface area contributed by atoms with Crippen LogP contribution in [-0.4, -0.2) is 16.3 Å². The highest BCUT2D eigenvalue weighted by Crippen LogP contribution is 2.29. The van der Waals surface area contributed by atoms with Crippen LogP contribution in [-0.2, 0) is 13.5 Å². The number of nitrogens with one attached hydrogen (secondary N) is 1. The summed E-state index contributed by atoms with van der Waals surface area (Å²) in [7, 11) is 1.96. The predicted molar refractivity (Wildman–Crippen MR) is 94.4 cm³/mol. The van der Waals surface area contributed by atoms with E-state index < -0.39 is 0 Å². The molecule has 0 aliphatic carbocycles.